The molecule has 2 heterocycles. The van der Waals surface area contributed by atoms with Crippen LogP contribution in [0.4, 0.5) is 0 Å². The van der Waals surface area contributed by atoms with Gasteiger partial charge < -0.3 is 0 Å². The number of hydrogen-bond donors (Lipinski definition) is 0. The fourth-order valence-corrected chi connectivity index (χ4v) is 8.44. The lowest BCUT2D eigenvalue weighted by Crippen LogP contribution is -2.50. The van der Waals surface area contributed by atoms with Gasteiger partial charge in [-0.3, -0.25) is 0 Å². The average molecular weight is 437 g/mol. The van der Waals surface area contributed by atoms with Gasteiger partial charge in [-0.05, 0) is 52.6 Å². The summed E-state index contributed by atoms with van der Waals surface area (Å²) < 4.78 is 2.31. The number of aromatic nitrogens is 1. The smallest absolute Gasteiger partial charge is 0.200 e. The molecule has 162 valence electrons. The number of pyridine rings is 1. The molecule has 1 nitrogen and oxygen atoms in total. The number of nitrogens with zero attached hydrogens (tertiary/aromatic N) is 1. The maximum atomic E-state index is 2.56. The molecular formula is C30H34NSi+. The fraction of sp³-hybridized carbons (Fsp3) is 0.300. The van der Waals surface area contributed by atoms with Gasteiger partial charge in [-0.2, -0.15) is 0 Å². The molecule has 2 heteroatoms. The van der Waals surface area contributed by atoms with Gasteiger partial charge in [-0.25, -0.2) is 4.57 Å². The Bertz CT molecular complexity index is 1300. The van der Waals surface area contributed by atoms with Crippen molar-refractivity contribution in [1.29, 1.82) is 0 Å². The van der Waals surface area contributed by atoms with Gasteiger partial charge in [0.2, 0.25) is 5.69 Å². The van der Waals surface area contributed by atoms with Crippen molar-refractivity contribution < 1.29 is 4.57 Å². The molecule has 0 N–H and O–H groups in total. The molecule has 0 saturated carbocycles. The minimum absolute atomic E-state index is 0.480. The first kappa shape index (κ1) is 21.1. The van der Waals surface area contributed by atoms with Crippen molar-refractivity contribution in [2.24, 2.45) is 7.05 Å². The molecule has 1 fully saturated rings. The van der Waals surface area contributed by atoms with E-state index in [1.807, 2.05) is 0 Å². The van der Waals surface area contributed by atoms with Gasteiger partial charge >= 0.3 is 0 Å². The van der Waals surface area contributed by atoms with Gasteiger partial charge in [0.15, 0.2) is 6.20 Å². The molecule has 1 saturated heterocycles. The standard InChI is InChI=1S/C30H34NSi/c1-21(2)28-19-25(23-10-7-6-8-11-23)20-29(22(28)3)30-27-13-12-26(32(5)16-9-17-32)18-24(27)14-15-31(30)4/h6-8,10-15,18-21H,9,16-17H2,1-5H3/q+1. The Kier molecular flexibility index (Phi) is 5.29. The molecule has 1 aliphatic heterocycles. The third-order valence-electron chi connectivity index (χ3n) is 7.72. The van der Waals surface area contributed by atoms with Crippen LogP contribution in [0.1, 0.15) is 37.3 Å². The topological polar surface area (TPSA) is 3.88 Å². The number of hydrogen-bond acceptors (Lipinski definition) is 0. The predicted molar refractivity (Wildman–Crippen MR) is 140 cm³/mol. The summed E-state index contributed by atoms with van der Waals surface area (Å²) in [4.78, 5) is 0. The molecule has 0 spiro atoms. The highest BCUT2D eigenvalue weighted by Crippen LogP contribution is 2.37. The first-order valence-corrected chi connectivity index (χ1v) is 14.9. The maximum Gasteiger partial charge on any atom is 0.220 e. The lowest BCUT2D eigenvalue weighted by molar-refractivity contribution is -0.659. The van der Waals surface area contributed by atoms with Crippen LogP contribution < -0.4 is 9.75 Å². The second-order valence-corrected chi connectivity index (χ2v) is 14.9. The summed E-state index contributed by atoms with van der Waals surface area (Å²) in [5.74, 6) is 0.480. The molecule has 0 amide bonds. The van der Waals surface area contributed by atoms with E-state index >= 15 is 0 Å². The van der Waals surface area contributed by atoms with Gasteiger partial charge in [0, 0.05) is 6.07 Å². The molecule has 4 aromatic rings. The highest BCUT2D eigenvalue weighted by atomic mass is 28.3. The molecule has 32 heavy (non-hydrogen) atoms. The monoisotopic (exact) mass is 436 g/mol. The lowest BCUT2D eigenvalue weighted by Gasteiger charge is -2.36. The predicted octanol–water partition coefficient (Wildman–Crippen LogP) is 7.12. The van der Waals surface area contributed by atoms with Crippen LogP contribution in [-0.4, -0.2) is 8.07 Å². The van der Waals surface area contributed by atoms with Crippen LogP contribution in [0, 0.1) is 6.92 Å². The van der Waals surface area contributed by atoms with E-state index in [1.54, 1.807) is 5.19 Å². The number of rotatable bonds is 4. The Morgan fingerprint density at radius 1 is 0.875 bits per heavy atom. The molecule has 5 rings (SSSR count). The molecule has 0 bridgehead atoms. The zero-order valence-corrected chi connectivity index (χ0v) is 21.1. The SMILES string of the molecule is Cc1c(-c2c3ccc([Si]4(C)CCC4)cc3cc[n+]2C)cc(-c2ccccc2)cc1C(C)C. The molecule has 0 aliphatic carbocycles. The Balaban J connectivity index is 1.76. The van der Waals surface area contributed by atoms with Gasteiger partial charge in [-0.15, -0.1) is 0 Å². The molecule has 1 aromatic heterocycles. The summed E-state index contributed by atoms with van der Waals surface area (Å²) in [6, 6.07) is 28.1. The highest BCUT2D eigenvalue weighted by Gasteiger charge is 2.36. The summed E-state index contributed by atoms with van der Waals surface area (Å²) >= 11 is 0. The summed E-state index contributed by atoms with van der Waals surface area (Å²) in [6.07, 6.45) is 3.66. The summed E-state index contributed by atoms with van der Waals surface area (Å²) in [7, 11) is 0.994. The minimum atomic E-state index is -1.19. The van der Waals surface area contributed by atoms with Crippen LogP contribution in [0.15, 0.2) is 72.9 Å². The molecule has 0 atom stereocenters. The van der Waals surface area contributed by atoms with Crippen molar-refractivity contribution in [2.45, 2.75) is 51.7 Å². The van der Waals surface area contributed by atoms with Crippen molar-refractivity contribution >= 4 is 24.0 Å². The number of fused-ring (bicyclic) bond motifs is 1. The van der Waals surface area contributed by atoms with Gasteiger partial charge in [0.05, 0.1) is 19.0 Å². The first-order chi connectivity index (χ1) is 15.4. The van der Waals surface area contributed by atoms with E-state index in [0.29, 0.717) is 5.92 Å². The van der Waals surface area contributed by atoms with E-state index < -0.39 is 8.07 Å². The first-order valence-electron chi connectivity index (χ1n) is 12.0. The molecule has 0 unspecified atom stereocenters. The van der Waals surface area contributed by atoms with Crippen molar-refractivity contribution in [3.8, 4) is 22.4 Å². The third kappa shape index (κ3) is 3.51. The van der Waals surface area contributed by atoms with Crippen molar-refractivity contribution in [3.05, 3.63) is 84.1 Å². The highest BCUT2D eigenvalue weighted by molar-refractivity contribution is 6.93. The van der Waals surface area contributed by atoms with Gasteiger partial charge in [0.25, 0.3) is 0 Å². The Morgan fingerprint density at radius 2 is 1.62 bits per heavy atom. The second kappa shape index (κ2) is 8.01. The number of benzene rings is 3. The van der Waals surface area contributed by atoms with Crippen molar-refractivity contribution in [3.63, 3.8) is 0 Å². The van der Waals surface area contributed by atoms with Crippen molar-refractivity contribution in [1.82, 2.24) is 0 Å². The molecular weight excluding hydrogens is 402 g/mol. The van der Waals surface area contributed by atoms with Gasteiger partial charge in [-0.1, -0.05) is 92.6 Å². The van der Waals surface area contributed by atoms with Crippen LogP contribution in [0.2, 0.25) is 18.6 Å². The second-order valence-electron chi connectivity index (χ2n) is 10.3. The van der Waals surface area contributed by atoms with E-state index in [0.717, 1.165) is 0 Å². The summed E-state index contributed by atoms with van der Waals surface area (Å²) in [5, 5.41) is 4.37. The quantitative estimate of drug-likeness (QED) is 0.237. The zero-order valence-electron chi connectivity index (χ0n) is 20.1. The van der Waals surface area contributed by atoms with Crippen LogP contribution in [-0.2, 0) is 7.05 Å². The van der Waals surface area contributed by atoms with Crippen molar-refractivity contribution in [2.75, 3.05) is 0 Å². The summed E-state index contributed by atoms with van der Waals surface area (Å²) in [5.41, 5.74) is 8.09. The Morgan fingerprint density at radius 3 is 2.28 bits per heavy atom. The number of aryl methyl sites for hydroxylation is 1. The average Bonchev–Trinajstić information content (AvgIpc) is 2.78. The third-order valence-corrected chi connectivity index (χ3v) is 12.3. The lowest BCUT2D eigenvalue weighted by atomic mass is 9.87. The van der Waals surface area contributed by atoms with Crippen LogP contribution in [0.5, 0.6) is 0 Å². The maximum absolute atomic E-state index is 2.56. The molecule has 0 radical (unpaired) electrons. The molecule has 1 aliphatic rings. The van der Waals surface area contributed by atoms with Gasteiger partial charge in [0.1, 0.15) is 7.05 Å². The van der Waals surface area contributed by atoms with E-state index in [4.69, 9.17) is 0 Å². The van der Waals surface area contributed by atoms with E-state index in [-0.39, 0.29) is 0 Å². The van der Waals surface area contributed by atoms with Crippen LogP contribution in [0.3, 0.4) is 0 Å². The zero-order chi connectivity index (χ0) is 22.5. The van der Waals surface area contributed by atoms with E-state index in [1.165, 1.54) is 62.8 Å². The van der Waals surface area contributed by atoms with E-state index in [9.17, 15) is 0 Å². The van der Waals surface area contributed by atoms with Crippen LogP contribution in [0.25, 0.3) is 33.2 Å². The summed E-state index contributed by atoms with van der Waals surface area (Å²) in [6.45, 7) is 9.47. The Labute approximate surface area is 193 Å². The normalized spacial score (nSPS) is 15.2. The van der Waals surface area contributed by atoms with E-state index in [2.05, 4.69) is 112 Å². The minimum Gasteiger partial charge on any atom is -0.200 e. The molecule has 3 aromatic carbocycles. The Hall–Kier alpha value is -2.71. The van der Waals surface area contributed by atoms with Crippen LogP contribution >= 0.6 is 0 Å². The largest absolute Gasteiger partial charge is 0.220 e. The fourth-order valence-electron chi connectivity index (χ4n) is 5.46.